The molecular formula is C23H22N4OS2. The van der Waals surface area contributed by atoms with Gasteiger partial charge in [0.25, 0.3) is 0 Å². The monoisotopic (exact) mass is 434 g/mol. The summed E-state index contributed by atoms with van der Waals surface area (Å²) in [5.74, 6) is 0.0376. The number of rotatable bonds is 6. The molecule has 1 amide bonds. The van der Waals surface area contributed by atoms with E-state index in [4.69, 9.17) is 9.97 Å². The molecule has 0 spiro atoms. The van der Waals surface area contributed by atoms with Crippen molar-refractivity contribution in [1.82, 2.24) is 14.4 Å². The lowest BCUT2D eigenvalue weighted by atomic mass is 10.0. The van der Waals surface area contributed by atoms with Crippen LogP contribution in [0.25, 0.3) is 16.2 Å². The molecule has 1 aliphatic rings. The zero-order valence-electron chi connectivity index (χ0n) is 16.6. The predicted octanol–water partition coefficient (Wildman–Crippen LogP) is 5.16. The smallest absolute Gasteiger partial charge is 0.235 e. The van der Waals surface area contributed by atoms with E-state index in [1.165, 1.54) is 23.4 Å². The maximum atomic E-state index is 13.2. The first kappa shape index (κ1) is 19.2. The maximum absolute atomic E-state index is 13.2. The average Bonchev–Trinajstić information content (AvgIpc) is 3.47. The Morgan fingerprint density at radius 2 is 2.03 bits per heavy atom. The van der Waals surface area contributed by atoms with Crippen LogP contribution in [0.2, 0.25) is 0 Å². The number of benzene rings is 1. The molecular weight excluding hydrogens is 412 g/mol. The molecule has 0 bridgehead atoms. The van der Waals surface area contributed by atoms with Crippen molar-refractivity contribution < 1.29 is 4.79 Å². The lowest BCUT2D eigenvalue weighted by Gasteiger charge is -2.17. The third kappa shape index (κ3) is 3.59. The van der Waals surface area contributed by atoms with Crippen LogP contribution in [0, 0.1) is 0 Å². The van der Waals surface area contributed by atoms with E-state index in [2.05, 4.69) is 6.58 Å². The van der Waals surface area contributed by atoms with Gasteiger partial charge < -0.3 is 0 Å². The number of aromatic nitrogens is 3. The molecule has 152 valence electrons. The molecule has 0 atom stereocenters. The van der Waals surface area contributed by atoms with Crippen molar-refractivity contribution in [2.24, 2.45) is 0 Å². The summed E-state index contributed by atoms with van der Waals surface area (Å²) in [6.07, 6.45) is 8.58. The summed E-state index contributed by atoms with van der Waals surface area (Å²) in [7, 11) is 0. The van der Waals surface area contributed by atoms with Crippen molar-refractivity contribution >= 4 is 38.7 Å². The van der Waals surface area contributed by atoms with Gasteiger partial charge in [-0.25, -0.2) is 9.97 Å². The Labute approximate surface area is 183 Å². The second-order valence-corrected chi connectivity index (χ2v) is 9.31. The standard InChI is InChI=1S/C23H22N4OS2/c1-2-12-26(23-24-18-10-6-7-11-20(18)30-23)21(28)13-17-15-29-22-25-19(14-27(17)22)16-8-4-3-5-9-16/h2-5,8-9,14-15H,1,6-7,10-13H2. The molecule has 0 radical (unpaired) electrons. The third-order valence-corrected chi connectivity index (χ3v) is 7.43. The van der Waals surface area contributed by atoms with Gasteiger partial charge in [0.2, 0.25) is 5.91 Å². The average molecular weight is 435 g/mol. The quantitative estimate of drug-likeness (QED) is 0.394. The van der Waals surface area contributed by atoms with Crippen LogP contribution in [0.15, 0.2) is 54.6 Å². The fourth-order valence-corrected chi connectivity index (χ4v) is 5.87. The Hall–Kier alpha value is -2.77. The number of aryl methyl sites for hydroxylation is 2. The minimum absolute atomic E-state index is 0.0376. The molecule has 0 saturated heterocycles. The second kappa shape index (κ2) is 8.16. The first-order chi connectivity index (χ1) is 14.7. The van der Waals surface area contributed by atoms with Gasteiger partial charge in [-0.3, -0.25) is 14.1 Å². The molecule has 0 unspecified atom stereocenters. The molecule has 7 heteroatoms. The highest BCUT2D eigenvalue weighted by atomic mass is 32.1. The van der Waals surface area contributed by atoms with Gasteiger partial charge >= 0.3 is 0 Å². The Bertz CT molecular complexity index is 1180. The van der Waals surface area contributed by atoms with Crippen molar-refractivity contribution in [3.05, 3.63) is 70.8 Å². The molecule has 4 aromatic rings. The highest BCUT2D eigenvalue weighted by Crippen LogP contribution is 2.32. The minimum atomic E-state index is 0.0376. The van der Waals surface area contributed by atoms with E-state index in [1.807, 2.05) is 46.3 Å². The second-order valence-electron chi connectivity index (χ2n) is 7.41. The number of nitrogens with zero attached hydrogens (tertiary/aromatic N) is 4. The van der Waals surface area contributed by atoms with Crippen molar-refractivity contribution in [1.29, 1.82) is 0 Å². The Kier molecular flexibility index (Phi) is 5.23. The fraction of sp³-hybridized carbons (Fsp3) is 0.261. The zero-order valence-corrected chi connectivity index (χ0v) is 18.2. The molecule has 5 nitrogen and oxygen atoms in total. The number of fused-ring (bicyclic) bond motifs is 2. The number of carbonyl (C=O) groups excluding carboxylic acids is 1. The first-order valence-electron chi connectivity index (χ1n) is 10.1. The highest BCUT2D eigenvalue weighted by Gasteiger charge is 2.23. The third-order valence-electron chi connectivity index (χ3n) is 5.36. The van der Waals surface area contributed by atoms with E-state index in [0.717, 1.165) is 39.9 Å². The van der Waals surface area contributed by atoms with Crippen LogP contribution in [0.3, 0.4) is 0 Å². The summed E-state index contributed by atoms with van der Waals surface area (Å²) in [5, 5.41) is 2.82. The first-order valence-corrected chi connectivity index (χ1v) is 11.8. The van der Waals surface area contributed by atoms with Gasteiger partial charge in [0, 0.05) is 34.3 Å². The van der Waals surface area contributed by atoms with E-state index in [9.17, 15) is 4.79 Å². The largest absolute Gasteiger partial charge is 0.294 e. The summed E-state index contributed by atoms with van der Waals surface area (Å²) in [6.45, 7) is 4.31. The van der Waals surface area contributed by atoms with Gasteiger partial charge in [0.15, 0.2) is 10.1 Å². The maximum Gasteiger partial charge on any atom is 0.235 e. The van der Waals surface area contributed by atoms with Gasteiger partial charge in [-0.15, -0.1) is 29.3 Å². The van der Waals surface area contributed by atoms with E-state index in [-0.39, 0.29) is 5.91 Å². The van der Waals surface area contributed by atoms with Gasteiger partial charge in [-0.1, -0.05) is 36.4 Å². The van der Waals surface area contributed by atoms with Crippen LogP contribution in [-0.2, 0) is 24.1 Å². The van der Waals surface area contributed by atoms with E-state index < -0.39 is 0 Å². The number of hydrogen-bond donors (Lipinski definition) is 0. The summed E-state index contributed by atoms with van der Waals surface area (Å²) in [4.78, 5) is 26.8. The van der Waals surface area contributed by atoms with Crippen LogP contribution >= 0.6 is 22.7 Å². The molecule has 5 rings (SSSR count). The Balaban J connectivity index is 1.41. The zero-order chi connectivity index (χ0) is 20.5. The molecule has 1 aromatic carbocycles. The molecule has 30 heavy (non-hydrogen) atoms. The molecule has 3 aromatic heterocycles. The van der Waals surface area contributed by atoms with Crippen LogP contribution in [-0.4, -0.2) is 26.8 Å². The number of carbonyl (C=O) groups is 1. The molecule has 0 saturated carbocycles. The van der Waals surface area contributed by atoms with Crippen LogP contribution < -0.4 is 4.90 Å². The normalized spacial score (nSPS) is 13.3. The van der Waals surface area contributed by atoms with E-state index >= 15 is 0 Å². The number of hydrogen-bond acceptors (Lipinski definition) is 5. The summed E-state index contributed by atoms with van der Waals surface area (Å²) >= 11 is 3.22. The predicted molar refractivity (Wildman–Crippen MR) is 124 cm³/mol. The van der Waals surface area contributed by atoms with Gasteiger partial charge in [0.1, 0.15) is 0 Å². The van der Waals surface area contributed by atoms with Gasteiger partial charge in [0.05, 0.1) is 17.8 Å². The molecule has 1 aliphatic carbocycles. The highest BCUT2D eigenvalue weighted by molar-refractivity contribution is 7.16. The van der Waals surface area contributed by atoms with Gasteiger partial charge in [-0.05, 0) is 25.7 Å². The molecule has 0 fully saturated rings. The lowest BCUT2D eigenvalue weighted by Crippen LogP contribution is -2.32. The van der Waals surface area contributed by atoms with Crippen molar-refractivity contribution in [2.45, 2.75) is 32.1 Å². The molecule has 3 heterocycles. The number of amides is 1. The number of thiazole rings is 2. The minimum Gasteiger partial charge on any atom is -0.294 e. The Morgan fingerprint density at radius 3 is 2.83 bits per heavy atom. The Morgan fingerprint density at radius 1 is 1.20 bits per heavy atom. The SMILES string of the molecule is C=CCN(C(=O)Cc1csc2nc(-c3ccccc3)cn12)c1nc2c(s1)CCCC2. The van der Waals surface area contributed by atoms with Gasteiger partial charge in [-0.2, -0.15) is 0 Å². The van der Waals surface area contributed by atoms with Crippen LogP contribution in [0.1, 0.15) is 29.1 Å². The van der Waals surface area contributed by atoms with Crippen LogP contribution in [0.4, 0.5) is 5.13 Å². The number of imidazole rings is 1. The lowest BCUT2D eigenvalue weighted by molar-refractivity contribution is -0.117. The summed E-state index contributed by atoms with van der Waals surface area (Å²) < 4.78 is 2.03. The summed E-state index contributed by atoms with van der Waals surface area (Å²) in [5.41, 5.74) is 4.12. The van der Waals surface area contributed by atoms with Crippen LogP contribution in [0.5, 0.6) is 0 Å². The fourth-order valence-electron chi connectivity index (χ4n) is 3.82. The van der Waals surface area contributed by atoms with Crippen molar-refractivity contribution in [3.63, 3.8) is 0 Å². The van der Waals surface area contributed by atoms with E-state index in [0.29, 0.717) is 13.0 Å². The summed E-state index contributed by atoms with van der Waals surface area (Å²) in [6, 6.07) is 10.1. The van der Waals surface area contributed by atoms with Crippen molar-refractivity contribution in [2.75, 3.05) is 11.4 Å². The molecule has 0 N–H and O–H groups in total. The van der Waals surface area contributed by atoms with E-state index in [1.54, 1.807) is 33.6 Å². The van der Waals surface area contributed by atoms with Crippen molar-refractivity contribution in [3.8, 4) is 11.3 Å². The number of anilines is 1. The molecule has 0 aliphatic heterocycles. The topological polar surface area (TPSA) is 50.5 Å².